The Morgan fingerprint density at radius 2 is 1.68 bits per heavy atom. The summed E-state index contributed by atoms with van der Waals surface area (Å²) in [7, 11) is 0. The number of likely N-dealkylation sites (N-methyl/N-ethyl adjacent to an activating group) is 1. The number of para-hydroxylation sites is 1. The van der Waals surface area contributed by atoms with Crippen LogP contribution in [0.3, 0.4) is 0 Å². The van der Waals surface area contributed by atoms with Crippen LogP contribution in [0.4, 0.5) is 5.69 Å². The molecule has 6 nitrogen and oxygen atoms in total. The van der Waals surface area contributed by atoms with Crippen LogP contribution in [0, 0.1) is 5.92 Å². The fourth-order valence-electron chi connectivity index (χ4n) is 4.38. The SMILES string of the molecule is C=C(Sc1ccc(-c2ccccc2C(N)=O)cc1)C(=O)N/C(CC1CC1)=C(\CO)N(CC)c1ccccc1. The molecule has 38 heavy (non-hydrogen) atoms. The Kier molecular flexibility index (Phi) is 9.05. The van der Waals surface area contributed by atoms with Crippen molar-refractivity contribution in [2.45, 2.75) is 31.1 Å². The number of nitrogens with two attached hydrogens (primary N) is 1. The summed E-state index contributed by atoms with van der Waals surface area (Å²) in [5.74, 6) is -0.253. The monoisotopic (exact) mass is 527 g/mol. The highest BCUT2D eigenvalue weighted by atomic mass is 32.2. The second-order valence-corrected chi connectivity index (χ2v) is 10.4. The normalized spacial score (nSPS) is 13.4. The minimum absolute atomic E-state index is 0.182. The topological polar surface area (TPSA) is 95.7 Å². The van der Waals surface area contributed by atoms with Gasteiger partial charge in [0, 0.05) is 28.4 Å². The van der Waals surface area contributed by atoms with E-state index in [2.05, 4.69) is 11.9 Å². The minimum Gasteiger partial charge on any atom is -0.390 e. The Balaban J connectivity index is 1.50. The summed E-state index contributed by atoms with van der Waals surface area (Å²) in [5.41, 5.74) is 10.0. The average molecular weight is 528 g/mol. The number of hydrogen-bond acceptors (Lipinski definition) is 5. The van der Waals surface area contributed by atoms with Gasteiger partial charge in [0.25, 0.3) is 5.91 Å². The summed E-state index contributed by atoms with van der Waals surface area (Å²) in [6.07, 6.45) is 2.95. The van der Waals surface area contributed by atoms with E-state index in [0.29, 0.717) is 35.0 Å². The summed E-state index contributed by atoms with van der Waals surface area (Å²) in [6, 6.07) is 24.7. The molecule has 1 fully saturated rings. The van der Waals surface area contributed by atoms with Gasteiger partial charge < -0.3 is 21.1 Å². The molecule has 0 radical (unpaired) electrons. The van der Waals surface area contributed by atoms with E-state index >= 15 is 0 Å². The fraction of sp³-hybridized carbons (Fsp3) is 0.226. The number of allylic oxidation sites excluding steroid dienone is 1. The first-order valence-electron chi connectivity index (χ1n) is 12.7. The summed E-state index contributed by atoms with van der Waals surface area (Å²) >= 11 is 1.28. The zero-order valence-corrected chi connectivity index (χ0v) is 22.3. The van der Waals surface area contributed by atoms with Crippen molar-refractivity contribution >= 4 is 29.3 Å². The second-order valence-electron chi connectivity index (χ2n) is 9.22. The third-order valence-corrected chi connectivity index (χ3v) is 7.45. The molecule has 0 aliphatic heterocycles. The molecule has 196 valence electrons. The summed E-state index contributed by atoms with van der Waals surface area (Å²) in [5, 5.41) is 13.4. The average Bonchev–Trinajstić information content (AvgIpc) is 3.76. The van der Waals surface area contributed by atoms with Gasteiger partial charge in [-0.1, -0.05) is 66.9 Å². The van der Waals surface area contributed by atoms with Crippen LogP contribution < -0.4 is 16.0 Å². The molecule has 0 atom stereocenters. The lowest BCUT2D eigenvalue weighted by atomic mass is 9.99. The number of carbonyl (C=O) groups is 2. The van der Waals surface area contributed by atoms with Crippen LogP contribution in [0.25, 0.3) is 11.1 Å². The van der Waals surface area contributed by atoms with Crippen LogP contribution in [0.1, 0.15) is 36.5 Å². The first-order chi connectivity index (χ1) is 18.4. The lowest BCUT2D eigenvalue weighted by Gasteiger charge is -2.28. The van der Waals surface area contributed by atoms with Gasteiger partial charge in [-0.3, -0.25) is 9.59 Å². The van der Waals surface area contributed by atoms with E-state index in [1.807, 2.05) is 78.6 Å². The molecule has 3 aromatic rings. The highest BCUT2D eigenvalue weighted by Crippen LogP contribution is 2.37. The second kappa shape index (κ2) is 12.6. The third-order valence-electron chi connectivity index (χ3n) is 6.51. The van der Waals surface area contributed by atoms with Crippen molar-refractivity contribution in [3.05, 3.63) is 107 Å². The maximum atomic E-state index is 13.2. The molecular formula is C31H33N3O3S. The highest BCUT2D eigenvalue weighted by molar-refractivity contribution is 8.04. The van der Waals surface area contributed by atoms with Crippen molar-refractivity contribution in [2.75, 3.05) is 18.1 Å². The summed E-state index contributed by atoms with van der Waals surface area (Å²) < 4.78 is 0. The molecule has 1 aliphatic carbocycles. The zero-order valence-electron chi connectivity index (χ0n) is 21.5. The van der Waals surface area contributed by atoms with E-state index in [1.165, 1.54) is 11.8 Å². The number of anilines is 1. The Labute approximate surface area is 228 Å². The van der Waals surface area contributed by atoms with Gasteiger partial charge in [0.2, 0.25) is 5.91 Å². The minimum atomic E-state index is -0.477. The number of rotatable bonds is 12. The number of thioether (sulfide) groups is 1. The highest BCUT2D eigenvalue weighted by Gasteiger charge is 2.27. The van der Waals surface area contributed by atoms with Crippen LogP contribution in [-0.2, 0) is 4.79 Å². The Bertz CT molecular complexity index is 1330. The molecule has 1 aliphatic rings. The van der Waals surface area contributed by atoms with Crippen molar-refractivity contribution in [3.63, 3.8) is 0 Å². The number of amides is 2. The van der Waals surface area contributed by atoms with Gasteiger partial charge in [0.15, 0.2) is 0 Å². The van der Waals surface area contributed by atoms with Crippen LogP contribution in [0.15, 0.2) is 107 Å². The van der Waals surface area contributed by atoms with Crippen molar-refractivity contribution in [2.24, 2.45) is 11.7 Å². The Morgan fingerprint density at radius 3 is 2.29 bits per heavy atom. The predicted molar refractivity (Wildman–Crippen MR) is 154 cm³/mol. The van der Waals surface area contributed by atoms with Crippen molar-refractivity contribution in [1.29, 1.82) is 0 Å². The number of nitrogens with zero attached hydrogens (tertiary/aromatic N) is 1. The van der Waals surface area contributed by atoms with Crippen molar-refractivity contribution < 1.29 is 14.7 Å². The van der Waals surface area contributed by atoms with Crippen LogP contribution in [0.2, 0.25) is 0 Å². The maximum absolute atomic E-state index is 13.2. The quantitative estimate of drug-likeness (QED) is 0.207. The molecular weight excluding hydrogens is 494 g/mol. The molecule has 0 aromatic heterocycles. The number of aliphatic hydroxyl groups excluding tert-OH is 1. The number of carbonyl (C=O) groups excluding carboxylic acids is 2. The smallest absolute Gasteiger partial charge is 0.261 e. The van der Waals surface area contributed by atoms with Gasteiger partial charge >= 0.3 is 0 Å². The van der Waals surface area contributed by atoms with E-state index in [0.717, 1.165) is 40.2 Å². The summed E-state index contributed by atoms with van der Waals surface area (Å²) in [4.78, 5) is 28.2. The molecule has 3 aromatic carbocycles. The molecule has 1 saturated carbocycles. The van der Waals surface area contributed by atoms with Crippen molar-refractivity contribution in [1.82, 2.24) is 5.32 Å². The van der Waals surface area contributed by atoms with Gasteiger partial charge in [-0.15, -0.1) is 0 Å². The largest absolute Gasteiger partial charge is 0.390 e. The number of benzene rings is 3. The van der Waals surface area contributed by atoms with E-state index in [-0.39, 0.29) is 12.5 Å². The lowest BCUT2D eigenvalue weighted by Crippen LogP contribution is -2.32. The van der Waals surface area contributed by atoms with Crippen molar-refractivity contribution in [3.8, 4) is 11.1 Å². The molecule has 4 N–H and O–H groups in total. The summed E-state index contributed by atoms with van der Waals surface area (Å²) in [6.45, 7) is 6.52. The maximum Gasteiger partial charge on any atom is 0.261 e. The van der Waals surface area contributed by atoms with Gasteiger partial charge in [-0.2, -0.15) is 0 Å². The van der Waals surface area contributed by atoms with E-state index in [1.54, 1.807) is 12.1 Å². The van der Waals surface area contributed by atoms with Gasteiger partial charge in [0.05, 0.1) is 17.2 Å². The van der Waals surface area contributed by atoms with E-state index in [9.17, 15) is 14.7 Å². The number of nitrogens with one attached hydrogen (secondary N) is 1. The third kappa shape index (κ3) is 6.73. The molecule has 0 bridgehead atoms. The molecule has 0 unspecified atom stereocenters. The predicted octanol–water partition coefficient (Wildman–Crippen LogP) is 5.71. The number of hydrogen-bond donors (Lipinski definition) is 3. The molecule has 0 saturated heterocycles. The first kappa shape index (κ1) is 27.2. The fourth-order valence-corrected chi connectivity index (χ4v) is 5.08. The van der Waals surface area contributed by atoms with Crippen LogP contribution in [-0.4, -0.2) is 30.1 Å². The van der Waals surface area contributed by atoms with E-state index < -0.39 is 5.91 Å². The molecule has 0 spiro atoms. The standard InChI is InChI=1S/C31H33N3O3S/c1-3-34(24-9-5-4-6-10-24)29(20-35)28(19-22-13-14-22)33-31(37)21(2)38-25-17-15-23(16-18-25)26-11-7-8-12-27(26)30(32)36/h4-12,15-18,22,35H,2-3,13-14,19-20H2,1H3,(H2,32,36)(H,33,37)/b29-28+. The van der Waals surface area contributed by atoms with Crippen LogP contribution >= 0.6 is 11.8 Å². The van der Waals surface area contributed by atoms with Gasteiger partial charge in [-0.05, 0) is 73.6 Å². The molecule has 4 rings (SSSR count). The number of aliphatic hydroxyl groups is 1. The Morgan fingerprint density at radius 1 is 1.03 bits per heavy atom. The zero-order chi connectivity index (χ0) is 27.1. The molecule has 0 heterocycles. The molecule has 7 heteroatoms. The molecule has 2 amide bonds. The first-order valence-corrected chi connectivity index (χ1v) is 13.6. The number of primary amides is 1. The Hall–Kier alpha value is -3.81. The van der Waals surface area contributed by atoms with Gasteiger partial charge in [0.1, 0.15) is 0 Å². The van der Waals surface area contributed by atoms with Gasteiger partial charge in [-0.25, -0.2) is 0 Å². The van der Waals surface area contributed by atoms with Crippen LogP contribution in [0.5, 0.6) is 0 Å². The van der Waals surface area contributed by atoms with E-state index in [4.69, 9.17) is 5.73 Å². The lowest BCUT2D eigenvalue weighted by molar-refractivity contribution is -0.116.